The van der Waals surface area contributed by atoms with E-state index >= 15 is 0 Å². The number of hydrogen-bond acceptors (Lipinski definition) is 2. The number of quaternary nitrogens is 1. The fourth-order valence-corrected chi connectivity index (χ4v) is 2.50. The van der Waals surface area contributed by atoms with Crippen LogP contribution in [0.4, 0.5) is 0 Å². The second kappa shape index (κ2) is 4.17. The van der Waals surface area contributed by atoms with Crippen molar-refractivity contribution < 1.29 is 23.4 Å². The molecule has 7 heteroatoms. The van der Waals surface area contributed by atoms with Crippen LogP contribution in [0.15, 0.2) is 0 Å². The minimum Gasteiger partial charge on any atom is -0.328 e. The van der Waals surface area contributed by atoms with E-state index in [1.807, 2.05) is 21.1 Å². The zero-order chi connectivity index (χ0) is 9.99. The topological polar surface area (TPSA) is 66.8 Å². The molecule has 0 bridgehead atoms. The average molecular weight is 263 g/mol. The first-order chi connectivity index (χ1) is 5.10. The smallest absolute Gasteiger partial charge is 0.328 e. The Hall–Kier alpha value is 0.550. The maximum absolute atomic E-state index is 10.4. The molecular weight excluding hydrogens is 249 g/mol. The number of rotatable bonds is 4. The van der Waals surface area contributed by atoms with Crippen molar-refractivity contribution >= 4 is 23.8 Å². The summed E-state index contributed by atoms with van der Waals surface area (Å²) < 4.78 is 15.3. The van der Waals surface area contributed by atoms with E-state index in [1.165, 1.54) is 0 Å². The van der Waals surface area contributed by atoms with Crippen LogP contribution in [0.3, 0.4) is 0 Å². The highest BCUT2D eigenvalue weighted by molar-refractivity contribution is 9.09. The maximum Gasteiger partial charge on any atom is 0.470 e. The first-order valence-corrected chi connectivity index (χ1v) is 5.73. The lowest BCUT2D eigenvalue weighted by Crippen LogP contribution is -2.40. The van der Waals surface area contributed by atoms with Crippen LogP contribution in [0.1, 0.15) is 0 Å². The third-order valence-electron chi connectivity index (χ3n) is 0.943. The molecule has 0 spiro atoms. The molecule has 0 saturated heterocycles. The minimum absolute atomic E-state index is 0.477. The molecule has 1 unspecified atom stereocenters. The van der Waals surface area contributed by atoms with E-state index < -0.39 is 12.8 Å². The Labute approximate surface area is 80.3 Å². The van der Waals surface area contributed by atoms with Gasteiger partial charge in [-0.15, -0.1) is 0 Å². The molecule has 2 N–H and O–H groups in total. The summed E-state index contributed by atoms with van der Waals surface area (Å²) in [6, 6.07) is 0. The number of phosphoric ester groups is 1. The Bertz CT molecular complexity index is 186. The molecule has 0 aliphatic carbocycles. The molecule has 0 aliphatic heterocycles. The largest absolute Gasteiger partial charge is 0.470 e. The van der Waals surface area contributed by atoms with Gasteiger partial charge in [0.05, 0.1) is 21.1 Å². The summed E-state index contributed by atoms with van der Waals surface area (Å²) >= 11 is 3.02. The van der Waals surface area contributed by atoms with Crippen LogP contribution in [-0.4, -0.2) is 47.0 Å². The Morgan fingerprint density at radius 2 is 1.92 bits per heavy atom. The summed E-state index contributed by atoms with van der Waals surface area (Å²) in [4.78, 5) is 16.9. The summed E-state index contributed by atoms with van der Waals surface area (Å²) in [6.07, 6.45) is 0. The summed E-state index contributed by atoms with van der Waals surface area (Å²) in [5.41, 5.74) is 0. The predicted molar refractivity (Wildman–Crippen MR) is 48.7 cm³/mol. The van der Waals surface area contributed by atoms with E-state index in [9.17, 15) is 4.57 Å². The summed E-state index contributed by atoms with van der Waals surface area (Å²) in [5, 5.41) is -0.627. The highest BCUT2D eigenvalue weighted by Crippen LogP contribution is 2.39. The van der Waals surface area contributed by atoms with Crippen LogP contribution in [0.2, 0.25) is 0 Å². The van der Waals surface area contributed by atoms with Gasteiger partial charge in [0.1, 0.15) is 6.54 Å². The Balaban J connectivity index is 3.91. The molecule has 0 rings (SSSR count). The van der Waals surface area contributed by atoms with E-state index in [4.69, 9.17) is 9.79 Å². The SMILES string of the molecule is C[N+](C)(C)CC(Br)OP(=O)(O)O. The van der Waals surface area contributed by atoms with Crippen LogP contribution >= 0.6 is 23.8 Å². The lowest BCUT2D eigenvalue weighted by molar-refractivity contribution is -0.871. The van der Waals surface area contributed by atoms with Gasteiger partial charge in [-0.05, 0) is 0 Å². The fraction of sp³-hybridized carbons (Fsp3) is 1.00. The lowest BCUT2D eigenvalue weighted by atomic mass is 10.5. The van der Waals surface area contributed by atoms with Crippen LogP contribution in [0, 0.1) is 0 Å². The van der Waals surface area contributed by atoms with E-state index in [0.29, 0.717) is 11.0 Å². The second-order valence-electron chi connectivity index (χ2n) is 3.48. The van der Waals surface area contributed by atoms with Crippen molar-refractivity contribution in [2.24, 2.45) is 0 Å². The molecule has 12 heavy (non-hydrogen) atoms. The van der Waals surface area contributed by atoms with Crippen LogP contribution in [0.25, 0.3) is 0 Å². The van der Waals surface area contributed by atoms with Crippen LogP contribution < -0.4 is 0 Å². The zero-order valence-corrected chi connectivity index (χ0v) is 9.75. The van der Waals surface area contributed by atoms with Crippen molar-refractivity contribution in [2.45, 2.75) is 5.01 Å². The van der Waals surface area contributed by atoms with Gasteiger partial charge >= 0.3 is 7.82 Å². The first-order valence-electron chi connectivity index (χ1n) is 3.29. The quantitative estimate of drug-likeness (QED) is 0.441. The molecule has 0 amide bonds. The molecule has 0 saturated carbocycles. The standard InChI is InChI=1S/C5H13BrNO4P/c1-7(2,3)4-5(6)11-12(8,9)10/h5H,4H2,1-3H3,(H-,8,9,10)/p+1. The van der Waals surface area contributed by atoms with Crippen molar-refractivity contribution in [3.05, 3.63) is 0 Å². The van der Waals surface area contributed by atoms with Crippen LogP contribution in [0.5, 0.6) is 0 Å². The van der Waals surface area contributed by atoms with Gasteiger partial charge < -0.3 is 14.3 Å². The predicted octanol–water partition coefficient (Wildman–Crippen LogP) is 0.523. The molecule has 0 aliphatic rings. The maximum atomic E-state index is 10.4. The Kier molecular flexibility index (Phi) is 4.37. The van der Waals surface area contributed by atoms with E-state index in [1.54, 1.807) is 0 Å². The van der Waals surface area contributed by atoms with Gasteiger partial charge in [-0.2, -0.15) is 0 Å². The van der Waals surface area contributed by atoms with Crippen molar-refractivity contribution in [3.8, 4) is 0 Å². The number of nitrogens with zero attached hydrogens (tertiary/aromatic N) is 1. The average Bonchev–Trinajstić information content (AvgIpc) is 1.49. The summed E-state index contributed by atoms with van der Waals surface area (Å²) in [6.45, 7) is 0.477. The highest BCUT2D eigenvalue weighted by atomic mass is 79.9. The van der Waals surface area contributed by atoms with Gasteiger partial charge in [0.25, 0.3) is 0 Å². The number of phosphoric acid groups is 1. The molecule has 1 atom stereocenters. The van der Waals surface area contributed by atoms with Gasteiger partial charge in [-0.1, -0.05) is 15.9 Å². The lowest BCUT2D eigenvalue weighted by Gasteiger charge is -2.26. The molecule has 0 radical (unpaired) electrons. The third kappa shape index (κ3) is 8.64. The monoisotopic (exact) mass is 262 g/mol. The second-order valence-corrected chi connectivity index (χ2v) is 5.69. The molecule has 0 aromatic heterocycles. The fourth-order valence-electron chi connectivity index (χ4n) is 0.613. The van der Waals surface area contributed by atoms with Crippen molar-refractivity contribution in [1.29, 1.82) is 0 Å². The normalized spacial score (nSPS) is 16.2. The summed E-state index contributed by atoms with van der Waals surface area (Å²) in [7, 11) is 1.34. The molecule has 0 aromatic carbocycles. The molecule has 74 valence electrons. The van der Waals surface area contributed by atoms with Gasteiger partial charge in [-0.3, -0.25) is 4.52 Å². The number of likely N-dealkylation sites (N-methyl/N-ethyl adjacent to an activating group) is 1. The van der Waals surface area contributed by atoms with E-state index in [-0.39, 0.29) is 0 Å². The highest BCUT2D eigenvalue weighted by Gasteiger charge is 2.24. The van der Waals surface area contributed by atoms with Gasteiger partial charge in [0.2, 0.25) is 0 Å². The van der Waals surface area contributed by atoms with E-state index in [2.05, 4.69) is 20.5 Å². The molecule has 0 fully saturated rings. The number of halogens is 1. The molecule has 5 nitrogen and oxygen atoms in total. The first kappa shape index (κ1) is 12.6. The number of hydrogen-bond donors (Lipinski definition) is 2. The third-order valence-corrected chi connectivity index (χ3v) is 2.24. The minimum atomic E-state index is -4.36. The number of alkyl halides is 1. The molecule has 0 aromatic rings. The van der Waals surface area contributed by atoms with Crippen LogP contribution in [-0.2, 0) is 9.09 Å². The molecule has 0 heterocycles. The Morgan fingerprint density at radius 1 is 1.50 bits per heavy atom. The van der Waals surface area contributed by atoms with Gasteiger partial charge in [0.15, 0.2) is 5.01 Å². The van der Waals surface area contributed by atoms with E-state index in [0.717, 1.165) is 0 Å². The van der Waals surface area contributed by atoms with Crippen molar-refractivity contribution in [1.82, 2.24) is 0 Å². The summed E-state index contributed by atoms with van der Waals surface area (Å²) in [5.74, 6) is 0. The Morgan fingerprint density at radius 3 is 2.17 bits per heavy atom. The molecular formula is C5H14BrNO4P+. The van der Waals surface area contributed by atoms with Gasteiger partial charge in [-0.25, -0.2) is 4.57 Å². The van der Waals surface area contributed by atoms with Crippen molar-refractivity contribution in [3.63, 3.8) is 0 Å². The van der Waals surface area contributed by atoms with Gasteiger partial charge in [0, 0.05) is 0 Å². The zero-order valence-electron chi connectivity index (χ0n) is 7.27. The van der Waals surface area contributed by atoms with Crippen molar-refractivity contribution in [2.75, 3.05) is 27.7 Å².